The molecule has 152 valence electrons. The van der Waals surface area contributed by atoms with Gasteiger partial charge in [-0.3, -0.25) is 0 Å². The summed E-state index contributed by atoms with van der Waals surface area (Å²) in [7, 11) is 0. The second-order valence-corrected chi connectivity index (χ2v) is 9.27. The van der Waals surface area contributed by atoms with Crippen molar-refractivity contribution in [1.29, 1.82) is 0 Å². The molecular formula is C24H32O4. The van der Waals surface area contributed by atoms with Gasteiger partial charge in [-0.05, 0) is 68.7 Å². The number of epoxide rings is 1. The maximum atomic E-state index is 12.4. The number of fused-ring (bicyclic) bond motifs is 1. The Morgan fingerprint density at radius 2 is 1.93 bits per heavy atom. The lowest BCUT2D eigenvalue weighted by atomic mass is 9.79. The fraction of sp³-hybridized carbons (Fsp3) is 0.542. The van der Waals surface area contributed by atoms with Gasteiger partial charge in [-0.2, -0.15) is 0 Å². The molecule has 0 spiro atoms. The summed E-state index contributed by atoms with van der Waals surface area (Å²) in [6, 6.07) is 6.71. The summed E-state index contributed by atoms with van der Waals surface area (Å²) in [5.74, 6) is -0.124. The molecule has 1 aromatic carbocycles. The summed E-state index contributed by atoms with van der Waals surface area (Å²) in [5, 5.41) is 9.34. The molecule has 4 heteroatoms. The standard InChI is InChI=1S/C24H32O4/c1-17-6-5-13-24(4)21(28-24)16-23(2,3)15-20(14-17)27-22(26)12-9-18-7-10-19(25)11-8-18/h6-12,20-21,25H,5,13-16H2,1-4H3/b12-9+,17-6+/t20-,21+,24+/m0/s1. The van der Waals surface area contributed by atoms with Crippen LogP contribution in [0.1, 0.15) is 65.4 Å². The summed E-state index contributed by atoms with van der Waals surface area (Å²) in [6.07, 6.45) is 10.2. The molecule has 0 bridgehead atoms. The largest absolute Gasteiger partial charge is 0.508 e. The molecule has 0 radical (unpaired) electrons. The second kappa shape index (κ2) is 8.12. The normalized spacial score (nSPS) is 31.9. The minimum atomic E-state index is -0.330. The van der Waals surface area contributed by atoms with E-state index in [1.807, 2.05) is 0 Å². The lowest BCUT2D eigenvalue weighted by Crippen LogP contribution is -2.27. The number of hydrogen-bond donors (Lipinski definition) is 1. The Hall–Kier alpha value is -2.07. The van der Waals surface area contributed by atoms with Crippen LogP contribution in [0.2, 0.25) is 0 Å². The van der Waals surface area contributed by atoms with E-state index < -0.39 is 0 Å². The van der Waals surface area contributed by atoms with Gasteiger partial charge in [0.05, 0.1) is 11.7 Å². The first-order valence-electron chi connectivity index (χ1n) is 10.2. The summed E-state index contributed by atoms with van der Waals surface area (Å²) < 4.78 is 11.8. The first-order valence-corrected chi connectivity index (χ1v) is 10.2. The summed E-state index contributed by atoms with van der Waals surface area (Å²) in [4.78, 5) is 12.4. The SMILES string of the molecule is C/C1=C\CC[C@@]2(C)O[C@@H]2CC(C)(C)C[C@@H](OC(=O)/C=C/c2ccc(O)cc2)C1. The fourth-order valence-electron chi connectivity index (χ4n) is 4.13. The first kappa shape index (κ1) is 20.7. The maximum Gasteiger partial charge on any atom is 0.331 e. The highest BCUT2D eigenvalue weighted by Crippen LogP contribution is 2.48. The summed E-state index contributed by atoms with van der Waals surface area (Å²) in [6.45, 7) is 8.80. The highest BCUT2D eigenvalue weighted by molar-refractivity contribution is 5.87. The van der Waals surface area contributed by atoms with Gasteiger partial charge in [0.15, 0.2) is 0 Å². The third-order valence-corrected chi connectivity index (χ3v) is 5.82. The number of benzene rings is 1. The van der Waals surface area contributed by atoms with Crippen molar-refractivity contribution in [3.05, 3.63) is 47.6 Å². The van der Waals surface area contributed by atoms with E-state index in [-0.39, 0.29) is 28.8 Å². The molecule has 0 aromatic heterocycles. The Morgan fingerprint density at radius 3 is 2.64 bits per heavy atom. The molecule has 3 rings (SSSR count). The third kappa shape index (κ3) is 5.71. The van der Waals surface area contributed by atoms with Gasteiger partial charge in [0.25, 0.3) is 0 Å². The van der Waals surface area contributed by atoms with E-state index in [2.05, 4.69) is 33.8 Å². The Labute approximate surface area is 168 Å². The van der Waals surface area contributed by atoms with E-state index in [9.17, 15) is 9.90 Å². The minimum absolute atomic E-state index is 0.0113. The van der Waals surface area contributed by atoms with E-state index >= 15 is 0 Å². The number of rotatable bonds is 3. The van der Waals surface area contributed by atoms with Gasteiger partial charge in [-0.1, -0.05) is 37.6 Å². The Morgan fingerprint density at radius 1 is 1.21 bits per heavy atom. The van der Waals surface area contributed by atoms with Crippen molar-refractivity contribution < 1.29 is 19.4 Å². The average Bonchev–Trinajstić information content (AvgIpc) is 3.21. The van der Waals surface area contributed by atoms with Crippen LogP contribution in [0.4, 0.5) is 0 Å². The van der Waals surface area contributed by atoms with E-state index in [1.54, 1.807) is 30.3 Å². The Kier molecular flexibility index (Phi) is 5.99. The molecule has 3 atom stereocenters. The van der Waals surface area contributed by atoms with Gasteiger partial charge in [0.1, 0.15) is 11.9 Å². The molecule has 1 heterocycles. The zero-order chi connectivity index (χ0) is 20.4. The zero-order valence-corrected chi connectivity index (χ0v) is 17.4. The van der Waals surface area contributed by atoms with Crippen molar-refractivity contribution in [1.82, 2.24) is 0 Å². The molecule has 1 aliphatic carbocycles. The van der Waals surface area contributed by atoms with Crippen molar-refractivity contribution in [2.45, 2.75) is 77.6 Å². The van der Waals surface area contributed by atoms with E-state index in [0.29, 0.717) is 6.10 Å². The second-order valence-electron chi connectivity index (χ2n) is 9.27. The molecule has 0 amide bonds. The van der Waals surface area contributed by atoms with E-state index in [1.165, 1.54) is 11.6 Å². The zero-order valence-electron chi connectivity index (χ0n) is 17.4. The van der Waals surface area contributed by atoms with E-state index in [4.69, 9.17) is 9.47 Å². The van der Waals surface area contributed by atoms with Crippen LogP contribution >= 0.6 is 0 Å². The Balaban J connectivity index is 1.66. The van der Waals surface area contributed by atoms with Gasteiger partial charge >= 0.3 is 5.97 Å². The van der Waals surface area contributed by atoms with Crippen LogP contribution in [-0.4, -0.2) is 28.9 Å². The number of esters is 1. The molecule has 28 heavy (non-hydrogen) atoms. The van der Waals surface area contributed by atoms with Crippen molar-refractivity contribution in [3.8, 4) is 5.75 Å². The lowest BCUT2D eigenvalue weighted by molar-refractivity contribution is -0.144. The number of phenols is 1. The van der Waals surface area contributed by atoms with Gasteiger partial charge < -0.3 is 14.6 Å². The number of hydrogen-bond acceptors (Lipinski definition) is 4. The van der Waals surface area contributed by atoms with Gasteiger partial charge in [0.2, 0.25) is 0 Å². The van der Waals surface area contributed by atoms with Crippen LogP contribution in [0, 0.1) is 5.41 Å². The van der Waals surface area contributed by atoms with Crippen LogP contribution in [0.15, 0.2) is 42.0 Å². The van der Waals surface area contributed by atoms with Crippen LogP contribution < -0.4 is 0 Å². The predicted molar refractivity (Wildman–Crippen MR) is 111 cm³/mol. The van der Waals surface area contributed by atoms with Crippen LogP contribution in [-0.2, 0) is 14.3 Å². The van der Waals surface area contributed by atoms with Crippen LogP contribution in [0.3, 0.4) is 0 Å². The summed E-state index contributed by atoms with van der Waals surface area (Å²) >= 11 is 0. The highest BCUT2D eigenvalue weighted by Gasteiger charge is 2.53. The number of carbonyl (C=O) groups is 1. The molecule has 2 aliphatic rings. The molecule has 0 unspecified atom stereocenters. The Bertz CT molecular complexity index is 759. The van der Waals surface area contributed by atoms with Crippen molar-refractivity contribution in [2.75, 3.05) is 0 Å². The van der Waals surface area contributed by atoms with Gasteiger partial charge in [0, 0.05) is 12.5 Å². The lowest BCUT2D eigenvalue weighted by Gasteiger charge is -2.29. The third-order valence-electron chi connectivity index (χ3n) is 5.82. The van der Waals surface area contributed by atoms with E-state index in [0.717, 1.165) is 37.7 Å². The minimum Gasteiger partial charge on any atom is -0.508 e. The fourth-order valence-corrected chi connectivity index (χ4v) is 4.13. The van der Waals surface area contributed by atoms with Crippen molar-refractivity contribution >= 4 is 12.0 Å². The molecule has 1 N–H and O–H groups in total. The van der Waals surface area contributed by atoms with Crippen LogP contribution in [0.5, 0.6) is 5.75 Å². The summed E-state index contributed by atoms with van der Waals surface area (Å²) in [5.41, 5.74) is 2.16. The first-order chi connectivity index (χ1) is 13.2. The number of carbonyl (C=O) groups excluding carboxylic acids is 1. The number of allylic oxidation sites excluding steroid dienone is 1. The number of ether oxygens (including phenoxy) is 2. The highest BCUT2D eigenvalue weighted by atomic mass is 16.6. The monoisotopic (exact) mass is 384 g/mol. The smallest absolute Gasteiger partial charge is 0.331 e. The molecular weight excluding hydrogens is 352 g/mol. The topological polar surface area (TPSA) is 59.1 Å². The number of phenolic OH excluding ortho intramolecular Hbond substituents is 1. The molecule has 1 fully saturated rings. The predicted octanol–water partition coefficient (Wildman–Crippen LogP) is 5.41. The van der Waals surface area contributed by atoms with Crippen LogP contribution in [0.25, 0.3) is 6.08 Å². The molecule has 1 saturated heterocycles. The van der Waals surface area contributed by atoms with Gasteiger partial charge in [-0.25, -0.2) is 4.79 Å². The molecule has 1 aliphatic heterocycles. The van der Waals surface area contributed by atoms with Crippen molar-refractivity contribution in [3.63, 3.8) is 0 Å². The molecule has 0 saturated carbocycles. The maximum absolute atomic E-state index is 12.4. The average molecular weight is 385 g/mol. The number of aromatic hydroxyl groups is 1. The van der Waals surface area contributed by atoms with Gasteiger partial charge in [-0.15, -0.1) is 0 Å². The van der Waals surface area contributed by atoms with Crippen molar-refractivity contribution in [2.24, 2.45) is 5.41 Å². The molecule has 4 nitrogen and oxygen atoms in total. The quantitative estimate of drug-likeness (QED) is 0.327. The molecule has 1 aromatic rings.